The summed E-state index contributed by atoms with van der Waals surface area (Å²) in [6.45, 7) is 7.69. The van der Waals surface area contributed by atoms with Gasteiger partial charge in [-0.2, -0.15) is 5.10 Å². The molecule has 2 rings (SSSR count). The van der Waals surface area contributed by atoms with Crippen LogP contribution in [0.25, 0.3) is 11.3 Å². The fourth-order valence-corrected chi connectivity index (χ4v) is 2.16. The van der Waals surface area contributed by atoms with Gasteiger partial charge in [0.1, 0.15) is 5.69 Å². The molecular formula is C14H22N4O2. The Morgan fingerprint density at radius 3 is 2.80 bits per heavy atom. The van der Waals surface area contributed by atoms with Crippen molar-refractivity contribution in [2.45, 2.75) is 33.4 Å². The molecule has 0 fully saturated rings. The summed E-state index contributed by atoms with van der Waals surface area (Å²) < 4.78 is 7.22. The van der Waals surface area contributed by atoms with E-state index >= 15 is 0 Å². The quantitative estimate of drug-likeness (QED) is 0.869. The van der Waals surface area contributed by atoms with Crippen LogP contribution in [0.1, 0.15) is 25.3 Å². The van der Waals surface area contributed by atoms with Crippen molar-refractivity contribution in [3.05, 3.63) is 23.7 Å². The van der Waals surface area contributed by atoms with Crippen LogP contribution in [0.3, 0.4) is 0 Å². The van der Waals surface area contributed by atoms with E-state index in [0.717, 1.165) is 29.3 Å². The van der Waals surface area contributed by atoms with Crippen molar-refractivity contribution in [2.24, 2.45) is 7.05 Å². The van der Waals surface area contributed by atoms with E-state index in [9.17, 15) is 5.11 Å². The number of nitrogens with zero attached hydrogens (tertiary/aromatic N) is 4. The maximum Gasteiger partial charge on any atom is 0.151 e. The predicted molar refractivity (Wildman–Crippen MR) is 76.1 cm³/mol. The van der Waals surface area contributed by atoms with Gasteiger partial charge in [0.2, 0.25) is 0 Å². The fourth-order valence-electron chi connectivity index (χ4n) is 2.16. The summed E-state index contributed by atoms with van der Waals surface area (Å²) in [5.41, 5.74) is 2.85. The highest BCUT2D eigenvalue weighted by Gasteiger charge is 2.16. The van der Waals surface area contributed by atoms with Crippen LogP contribution >= 0.6 is 0 Å². The number of aliphatic hydroxyl groups excluding tert-OH is 1. The van der Waals surface area contributed by atoms with Crippen molar-refractivity contribution >= 4 is 0 Å². The third-order valence-corrected chi connectivity index (χ3v) is 3.72. The molecule has 0 aromatic carbocycles. The summed E-state index contributed by atoms with van der Waals surface area (Å²) in [7, 11) is 1.90. The van der Waals surface area contributed by atoms with E-state index in [1.54, 1.807) is 6.20 Å². The van der Waals surface area contributed by atoms with Gasteiger partial charge in [0.15, 0.2) is 5.76 Å². The molecule has 0 aliphatic rings. The lowest BCUT2D eigenvalue weighted by Gasteiger charge is -2.24. The van der Waals surface area contributed by atoms with Gasteiger partial charge in [-0.05, 0) is 20.4 Å². The molecule has 20 heavy (non-hydrogen) atoms. The first-order valence-corrected chi connectivity index (χ1v) is 6.86. The molecule has 0 unspecified atom stereocenters. The smallest absolute Gasteiger partial charge is 0.151 e. The summed E-state index contributed by atoms with van der Waals surface area (Å²) in [5.74, 6) is 0.797. The van der Waals surface area contributed by atoms with Gasteiger partial charge in [-0.15, -0.1) is 0 Å². The van der Waals surface area contributed by atoms with E-state index in [4.69, 9.17) is 4.52 Å². The van der Waals surface area contributed by atoms with E-state index in [2.05, 4.69) is 22.1 Å². The molecule has 2 aromatic rings. The second-order valence-corrected chi connectivity index (χ2v) is 5.04. The van der Waals surface area contributed by atoms with E-state index in [1.807, 2.05) is 31.6 Å². The summed E-state index contributed by atoms with van der Waals surface area (Å²) in [6, 6.07) is 2.05. The molecule has 6 heteroatoms. The topological polar surface area (TPSA) is 67.3 Å². The number of rotatable bonds is 6. The van der Waals surface area contributed by atoms with Gasteiger partial charge in [-0.3, -0.25) is 9.58 Å². The van der Waals surface area contributed by atoms with E-state index in [1.165, 1.54) is 0 Å². The Kier molecular flexibility index (Phi) is 4.57. The average Bonchev–Trinajstić information content (AvgIpc) is 3.03. The van der Waals surface area contributed by atoms with Crippen molar-refractivity contribution in [3.8, 4) is 11.3 Å². The molecule has 0 spiro atoms. The minimum absolute atomic E-state index is 0.105. The van der Waals surface area contributed by atoms with Crippen LogP contribution in [0, 0.1) is 6.92 Å². The highest BCUT2D eigenvalue weighted by molar-refractivity contribution is 5.60. The number of aryl methyl sites for hydroxylation is 1. The second kappa shape index (κ2) is 6.19. The third kappa shape index (κ3) is 2.91. The van der Waals surface area contributed by atoms with Crippen LogP contribution in [0.5, 0.6) is 0 Å². The molecule has 0 amide bonds. The highest BCUT2D eigenvalue weighted by Crippen LogP contribution is 2.23. The van der Waals surface area contributed by atoms with Crippen LogP contribution in [-0.2, 0) is 13.6 Å². The Hall–Kier alpha value is -1.66. The molecular weight excluding hydrogens is 256 g/mol. The lowest BCUT2D eigenvalue weighted by Crippen LogP contribution is -2.34. The highest BCUT2D eigenvalue weighted by atomic mass is 16.5. The number of aliphatic hydroxyl groups is 1. The Bertz CT molecular complexity index is 561. The summed E-state index contributed by atoms with van der Waals surface area (Å²) in [6.07, 6.45) is 1.80. The first-order valence-electron chi connectivity index (χ1n) is 6.86. The van der Waals surface area contributed by atoms with Crippen molar-refractivity contribution in [3.63, 3.8) is 0 Å². The average molecular weight is 278 g/mol. The first-order chi connectivity index (χ1) is 9.56. The molecule has 0 aliphatic heterocycles. The van der Waals surface area contributed by atoms with Gasteiger partial charge in [-0.25, -0.2) is 0 Å². The van der Waals surface area contributed by atoms with E-state index < -0.39 is 0 Å². The molecule has 2 aromatic heterocycles. The molecule has 110 valence electrons. The van der Waals surface area contributed by atoms with Crippen molar-refractivity contribution in [2.75, 3.05) is 13.2 Å². The van der Waals surface area contributed by atoms with Crippen molar-refractivity contribution in [1.82, 2.24) is 19.8 Å². The van der Waals surface area contributed by atoms with E-state index in [-0.39, 0.29) is 12.6 Å². The molecule has 1 N–H and O–H groups in total. The molecule has 0 radical (unpaired) electrons. The lowest BCUT2D eigenvalue weighted by atomic mass is 10.2. The van der Waals surface area contributed by atoms with Crippen LogP contribution < -0.4 is 0 Å². The molecule has 0 saturated heterocycles. The number of hydrogen-bond donors (Lipinski definition) is 1. The minimum atomic E-state index is 0.105. The lowest BCUT2D eigenvalue weighted by molar-refractivity contribution is 0.123. The fraction of sp³-hybridized carbons (Fsp3) is 0.571. The summed E-state index contributed by atoms with van der Waals surface area (Å²) in [4.78, 5) is 2.14. The van der Waals surface area contributed by atoms with Gasteiger partial charge in [0, 0.05) is 30.4 Å². The van der Waals surface area contributed by atoms with Crippen molar-refractivity contribution in [1.29, 1.82) is 0 Å². The molecule has 2 heterocycles. The summed E-state index contributed by atoms with van der Waals surface area (Å²) >= 11 is 0. The largest absolute Gasteiger partial charge is 0.395 e. The third-order valence-electron chi connectivity index (χ3n) is 3.72. The zero-order valence-corrected chi connectivity index (χ0v) is 12.5. The normalized spacial score (nSPS) is 13.1. The molecule has 0 aliphatic carbocycles. The van der Waals surface area contributed by atoms with Gasteiger partial charge < -0.3 is 9.63 Å². The second-order valence-electron chi connectivity index (χ2n) is 5.04. The molecule has 6 nitrogen and oxygen atoms in total. The first kappa shape index (κ1) is 14.7. The minimum Gasteiger partial charge on any atom is -0.395 e. The molecule has 1 atom stereocenters. The van der Waals surface area contributed by atoms with Crippen LogP contribution in [0.2, 0.25) is 0 Å². The van der Waals surface area contributed by atoms with E-state index in [0.29, 0.717) is 6.54 Å². The molecule has 0 saturated carbocycles. The van der Waals surface area contributed by atoms with Crippen LogP contribution in [0.15, 0.2) is 16.8 Å². The number of likely N-dealkylation sites (N-methyl/N-ethyl adjacent to an activating group) is 1. The standard InChI is InChI=1S/C14H22N4O2/c1-5-18(10(2)9-19)8-12-6-14(16-20-12)13-7-15-17(4)11(13)3/h6-7,10,19H,5,8-9H2,1-4H3/t10-/m0/s1. The zero-order chi connectivity index (χ0) is 14.7. The SMILES string of the molecule is CCN(Cc1cc(-c2cnn(C)c2C)no1)[C@@H](C)CO. The Morgan fingerprint density at radius 2 is 2.25 bits per heavy atom. The van der Waals surface area contributed by atoms with Gasteiger partial charge in [-0.1, -0.05) is 12.1 Å². The number of hydrogen-bond acceptors (Lipinski definition) is 5. The Balaban J connectivity index is 2.15. The van der Waals surface area contributed by atoms with Gasteiger partial charge in [0.05, 0.1) is 19.3 Å². The maximum absolute atomic E-state index is 9.24. The number of aromatic nitrogens is 3. The zero-order valence-electron chi connectivity index (χ0n) is 12.5. The Labute approximate surface area is 119 Å². The monoisotopic (exact) mass is 278 g/mol. The summed E-state index contributed by atoms with van der Waals surface area (Å²) in [5, 5.41) is 17.6. The van der Waals surface area contributed by atoms with Crippen molar-refractivity contribution < 1.29 is 9.63 Å². The van der Waals surface area contributed by atoms with Crippen LogP contribution in [0.4, 0.5) is 0 Å². The maximum atomic E-state index is 9.24. The molecule has 0 bridgehead atoms. The van der Waals surface area contributed by atoms with Gasteiger partial charge >= 0.3 is 0 Å². The predicted octanol–water partition coefficient (Wildman–Crippen LogP) is 1.59. The Morgan fingerprint density at radius 1 is 1.50 bits per heavy atom. The van der Waals surface area contributed by atoms with Crippen LogP contribution in [-0.4, -0.2) is 44.1 Å². The van der Waals surface area contributed by atoms with Gasteiger partial charge in [0.25, 0.3) is 0 Å².